The third-order valence-electron chi connectivity index (χ3n) is 4.98. The monoisotopic (exact) mass is 388 g/mol. The Morgan fingerprint density at radius 2 is 2.14 bits per heavy atom. The van der Waals surface area contributed by atoms with Gasteiger partial charge in [-0.2, -0.15) is 5.10 Å². The smallest absolute Gasteiger partial charge is 0.251 e. The molecule has 0 spiro atoms. The van der Waals surface area contributed by atoms with Crippen molar-refractivity contribution in [3.05, 3.63) is 77.6 Å². The van der Waals surface area contributed by atoms with Crippen LogP contribution in [0.1, 0.15) is 34.3 Å². The summed E-state index contributed by atoms with van der Waals surface area (Å²) in [6, 6.07) is 13.6. The molecule has 1 aliphatic carbocycles. The molecule has 0 bridgehead atoms. The minimum Gasteiger partial charge on any atom is -0.466 e. The Kier molecular flexibility index (Phi) is 5.18. The van der Waals surface area contributed by atoms with Gasteiger partial charge in [-0.1, -0.05) is 24.8 Å². The van der Waals surface area contributed by atoms with Crippen molar-refractivity contribution in [2.45, 2.75) is 32.0 Å². The maximum Gasteiger partial charge on any atom is 0.251 e. The fraction of sp³-hybridized carbons (Fsp3) is 0.217. The molecule has 3 N–H and O–H groups in total. The van der Waals surface area contributed by atoms with Crippen LogP contribution < -0.4 is 20.8 Å². The molecule has 6 nitrogen and oxygen atoms in total. The molecule has 0 saturated heterocycles. The summed E-state index contributed by atoms with van der Waals surface area (Å²) in [7, 11) is 0. The van der Waals surface area contributed by atoms with Crippen LogP contribution in [0.25, 0.3) is 6.08 Å². The van der Waals surface area contributed by atoms with E-state index in [2.05, 4.69) is 17.0 Å². The number of hydrogen-bond acceptors (Lipinski definition) is 5. The molecule has 1 heterocycles. The van der Waals surface area contributed by atoms with Crippen LogP contribution in [0.3, 0.4) is 0 Å². The lowest BCUT2D eigenvalue weighted by molar-refractivity contribution is 0.0951. The van der Waals surface area contributed by atoms with Crippen molar-refractivity contribution >= 4 is 23.9 Å². The molecule has 2 aromatic rings. The zero-order valence-corrected chi connectivity index (χ0v) is 16.3. The molecule has 1 unspecified atom stereocenters. The predicted octanol–water partition coefficient (Wildman–Crippen LogP) is 3.58. The Labute approximate surface area is 170 Å². The first-order valence-electron chi connectivity index (χ1n) is 9.64. The summed E-state index contributed by atoms with van der Waals surface area (Å²) >= 11 is 0. The van der Waals surface area contributed by atoms with Gasteiger partial charge in [-0.15, -0.1) is 0 Å². The minimum absolute atomic E-state index is 0.0553. The first-order valence-corrected chi connectivity index (χ1v) is 9.64. The number of carbonyl (C=O) groups is 1. The van der Waals surface area contributed by atoms with Crippen LogP contribution in [0, 0.1) is 6.92 Å². The number of nitrogens with one attached hydrogen (secondary N) is 1. The second kappa shape index (κ2) is 7.93. The maximum absolute atomic E-state index is 12.4. The van der Waals surface area contributed by atoms with Gasteiger partial charge in [0, 0.05) is 17.2 Å². The number of rotatable bonds is 6. The number of nitrogens with two attached hydrogens (primary N) is 1. The van der Waals surface area contributed by atoms with Gasteiger partial charge in [0.05, 0.1) is 18.2 Å². The van der Waals surface area contributed by atoms with Gasteiger partial charge in [0.2, 0.25) is 0 Å². The van der Waals surface area contributed by atoms with E-state index in [-0.39, 0.29) is 5.91 Å². The third-order valence-corrected chi connectivity index (χ3v) is 4.98. The van der Waals surface area contributed by atoms with Crippen molar-refractivity contribution in [3.8, 4) is 5.75 Å². The molecule has 0 aromatic heterocycles. The van der Waals surface area contributed by atoms with Gasteiger partial charge in [-0.05, 0) is 61.2 Å². The summed E-state index contributed by atoms with van der Waals surface area (Å²) in [4.78, 5) is 12.4. The minimum atomic E-state index is -0.445. The van der Waals surface area contributed by atoms with Gasteiger partial charge in [0.25, 0.3) is 5.91 Å². The zero-order valence-electron chi connectivity index (χ0n) is 16.3. The van der Waals surface area contributed by atoms with E-state index in [9.17, 15) is 4.79 Å². The van der Waals surface area contributed by atoms with Crippen molar-refractivity contribution in [1.29, 1.82) is 0 Å². The lowest BCUT2D eigenvalue weighted by atomic mass is 10.1. The van der Waals surface area contributed by atoms with Gasteiger partial charge in [-0.25, -0.2) is 5.01 Å². The van der Waals surface area contributed by atoms with E-state index in [1.54, 1.807) is 11.2 Å². The van der Waals surface area contributed by atoms with Crippen molar-refractivity contribution in [3.63, 3.8) is 0 Å². The number of nitrogens with zero attached hydrogens (tertiary/aromatic N) is 2. The SMILES string of the molecule is C=COc1cccc(C=C2C=NN(c3cc(C(=O)NC4CC4)ccc3C)C2N)c1. The van der Waals surface area contributed by atoms with Gasteiger partial charge >= 0.3 is 0 Å². The largest absolute Gasteiger partial charge is 0.466 e. The highest BCUT2D eigenvalue weighted by molar-refractivity contribution is 5.96. The van der Waals surface area contributed by atoms with Gasteiger partial charge in [0.15, 0.2) is 0 Å². The van der Waals surface area contributed by atoms with Crippen LogP contribution in [-0.4, -0.2) is 24.3 Å². The Hall–Kier alpha value is -3.38. The number of amides is 1. The summed E-state index contributed by atoms with van der Waals surface area (Å²) in [5.41, 5.74) is 10.7. The quantitative estimate of drug-likeness (QED) is 0.741. The van der Waals surface area contributed by atoms with Crippen molar-refractivity contribution in [2.24, 2.45) is 10.8 Å². The molecular formula is C23H24N4O2. The number of aryl methyl sites for hydroxylation is 1. The van der Waals surface area contributed by atoms with Crippen LogP contribution >= 0.6 is 0 Å². The summed E-state index contributed by atoms with van der Waals surface area (Å²) in [6.45, 7) is 5.56. The lowest BCUT2D eigenvalue weighted by Crippen LogP contribution is -2.36. The fourth-order valence-electron chi connectivity index (χ4n) is 3.21. The second-order valence-corrected chi connectivity index (χ2v) is 7.28. The van der Waals surface area contributed by atoms with E-state index < -0.39 is 6.17 Å². The van der Waals surface area contributed by atoms with E-state index in [0.29, 0.717) is 17.4 Å². The molecule has 148 valence electrons. The molecule has 2 aromatic carbocycles. The topological polar surface area (TPSA) is 80.0 Å². The molecule has 0 radical (unpaired) electrons. The molecule has 2 aliphatic rings. The number of carbonyl (C=O) groups excluding carboxylic acids is 1. The molecule has 1 amide bonds. The maximum atomic E-state index is 12.4. The number of anilines is 1. The summed E-state index contributed by atoms with van der Waals surface area (Å²) in [5.74, 6) is 0.653. The molecule has 29 heavy (non-hydrogen) atoms. The van der Waals surface area contributed by atoms with Crippen LogP contribution in [0.2, 0.25) is 0 Å². The summed E-state index contributed by atoms with van der Waals surface area (Å²) in [6.07, 6.45) is 6.79. The molecule has 1 aliphatic heterocycles. The highest BCUT2D eigenvalue weighted by Crippen LogP contribution is 2.29. The van der Waals surface area contributed by atoms with Crippen LogP contribution in [0.4, 0.5) is 5.69 Å². The first-order chi connectivity index (χ1) is 14.0. The standard InChI is InChI=1S/C23H24N4O2/c1-3-29-20-6-4-5-16(12-20)11-18-14-25-27(22(18)24)21-13-17(8-7-15(21)2)23(28)26-19-9-10-19/h3-8,11-14,19,22H,1,9-10,24H2,2H3,(H,26,28). The molecule has 1 atom stereocenters. The molecule has 4 rings (SSSR count). The summed E-state index contributed by atoms with van der Waals surface area (Å²) < 4.78 is 5.33. The highest BCUT2D eigenvalue weighted by atomic mass is 16.5. The van der Waals surface area contributed by atoms with Crippen molar-refractivity contribution in [1.82, 2.24) is 5.32 Å². The number of hydrogen-bond donors (Lipinski definition) is 2. The van der Waals surface area contributed by atoms with E-state index >= 15 is 0 Å². The van der Waals surface area contributed by atoms with Gasteiger partial charge in [0.1, 0.15) is 11.9 Å². The average molecular weight is 388 g/mol. The van der Waals surface area contributed by atoms with Crippen molar-refractivity contribution < 1.29 is 9.53 Å². The Balaban J connectivity index is 1.56. The fourth-order valence-corrected chi connectivity index (χ4v) is 3.21. The van der Waals surface area contributed by atoms with E-state index in [4.69, 9.17) is 10.5 Å². The first kappa shape index (κ1) is 19.0. The zero-order chi connectivity index (χ0) is 20.4. The predicted molar refractivity (Wildman–Crippen MR) is 116 cm³/mol. The number of hydrazone groups is 1. The third kappa shape index (κ3) is 4.22. The van der Waals surface area contributed by atoms with Crippen LogP contribution in [0.5, 0.6) is 5.75 Å². The Morgan fingerprint density at radius 3 is 2.90 bits per heavy atom. The van der Waals surface area contributed by atoms with E-state index in [1.165, 1.54) is 6.26 Å². The van der Waals surface area contributed by atoms with Crippen LogP contribution in [0.15, 0.2) is 66.0 Å². The molecule has 6 heteroatoms. The molecule has 1 saturated carbocycles. The Bertz CT molecular complexity index is 1010. The van der Waals surface area contributed by atoms with Crippen LogP contribution in [-0.2, 0) is 0 Å². The van der Waals surface area contributed by atoms with Crippen molar-refractivity contribution in [2.75, 3.05) is 5.01 Å². The van der Waals surface area contributed by atoms with Gasteiger partial charge < -0.3 is 15.8 Å². The summed E-state index contributed by atoms with van der Waals surface area (Å²) in [5, 5.41) is 9.26. The van der Waals surface area contributed by atoms with E-state index in [0.717, 1.165) is 35.2 Å². The normalized spacial score (nSPS) is 19.4. The lowest BCUT2D eigenvalue weighted by Gasteiger charge is -2.23. The number of ether oxygens (including phenoxy) is 1. The molecule has 1 fully saturated rings. The highest BCUT2D eigenvalue weighted by Gasteiger charge is 2.27. The average Bonchev–Trinajstić information content (AvgIpc) is 3.45. The number of benzene rings is 2. The van der Waals surface area contributed by atoms with Gasteiger partial charge in [-0.3, -0.25) is 4.79 Å². The Morgan fingerprint density at radius 1 is 1.31 bits per heavy atom. The molecular weight excluding hydrogens is 364 g/mol. The second-order valence-electron chi connectivity index (χ2n) is 7.28. The van der Waals surface area contributed by atoms with E-state index in [1.807, 2.05) is 55.5 Å².